The summed E-state index contributed by atoms with van der Waals surface area (Å²) in [5.74, 6) is 0. The van der Waals surface area contributed by atoms with Crippen LogP contribution >= 0.6 is 0 Å². The Morgan fingerprint density at radius 3 is 2.14 bits per heavy atom. The highest BCUT2D eigenvalue weighted by atomic mass is 14.6. The van der Waals surface area contributed by atoms with Gasteiger partial charge in [0.1, 0.15) is 0 Å². The Bertz CT molecular complexity index is 671. The van der Waals surface area contributed by atoms with Crippen molar-refractivity contribution in [3.05, 3.63) is 68.8 Å². The molecule has 1 aliphatic carbocycles. The van der Waals surface area contributed by atoms with Crippen molar-refractivity contribution in [2.24, 2.45) is 5.73 Å². The molecule has 1 nitrogen and oxygen atoms in total. The molecule has 1 atom stereocenters. The summed E-state index contributed by atoms with van der Waals surface area (Å²) in [5, 5.41) is 0. The number of hydrogen-bond acceptors (Lipinski definition) is 1. The summed E-state index contributed by atoms with van der Waals surface area (Å²) in [7, 11) is 0. The molecule has 0 saturated heterocycles. The van der Waals surface area contributed by atoms with Crippen LogP contribution in [0.1, 0.15) is 57.0 Å². The Morgan fingerprint density at radius 1 is 0.857 bits per heavy atom. The molecule has 0 bridgehead atoms. The summed E-state index contributed by atoms with van der Waals surface area (Å²) < 4.78 is 0. The number of nitrogens with two attached hydrogens (primary N) is 1. The van der Waals surface area contributed by atoms with Crippen molar-refractivity contribution in [1.82, 2.24) is 0 Å². The van der Waals surface area contributed by atoms with Crippen LogP contribution in [-0.2, 0) is 12.8 Å². The number of hydrogen-bond donors (Lipinski definition) is 1. The van der Waals surface area contributed by atoms with Crippen molar-refractivity contribution in [2.45, 2.75) is 53.0 Å². The highest BCUT2D eigenvalue weighted by molar-refractivity contribution is 5.49. The van der Waals surface area contributed by atoms with Crippen molar-refractivity contribution in [3.8, 4) is 0 Å². The molecule has 0 spiro atoms. The smallest absolute Gasteiger partial charge is 0.0557 e. The quantitative estimate of drug-likeness (QED) is 0.863. The predicted octanol–water partition coefficient (Wildman–Crippen LogP) is 4.46. The molecule has 0 heterocycles. The van der Waals surface area contributed by atoms with Crippen molar-refractivity contribution in [1.29, 1.82) is 0 Å². The highest BCUT2D eigenvalue weighted by Crippen LogP contribution is 2.32. The van der Waals surface area contributed by atoms with Gasteiger partial charge in [-0.15, -0.1) is 0 Å². The molecule has 0 fully saturated rings. The van der Waals surface area contributed by atoms with Gasteiger partial charge in [0.25, 0.3) is 0 Å². The maximum absolute atomic E-state index is 6.65. The van der Waals surface area contributed by atoms with E-state index in [4.69, 9.17) is 5.73 Å². The van der Waals surface area contributed by atoms with Crippen molar-refractivity contribution < 1.29 is 0 Å². The maximum atomic E-state index is 6.65. The molecule has 2 aromatic carbocycles. The molecule has 1 heteroatoms. The predicted molar refractivity (Wildman–Crippen MR) is 89.9 cm³/mol. The van der Waals surface area contributed by atoms with E-state index in [2.05, 4.69) is 52.0 Å². The minimum Gasteiger partial charge on any atom is -0.320 e. The summed E-state index contributed by atoms with van der Waals surface area (Å²) in [6.45, 7) is 8.76. The van der Waals surface area contributed by atoms with Gasteiger partial charge in [0.15, 0.2) is 0 Å². The van der Waals surface area contributed by atoms with Gasteiger partial charge in [-0.05, 0) is 91.5 Å². The fourth-order valence-electron chi connectivity index (χ4n) is 3.67. The molecule has 21 heavy (non-hydrogen) atoms. The lowest BCUT2D eigenvalue weighted by Crippen LogP contribution is -2.16. The largest absolute Gasteiger partial charge is 0.320 e. The molecular weight excluding hydrogens is 254 g/mol. The first-order valence-corrected chi connectivity index (χ1v) is 7.93. The second-order valence-corrected chi connectivity index (χ2v) is 6.53. The average molecular weight is 279 g/mol. The topological polar surface area (TPSA) is 26.0 Å². The SMILES string of the molecule is Cc1cc(C)c(C)c(C(N)c2ccc3c(c2)CCC3)c1C. The molecule has 0 aliphatic heterocycles. The van der Waals surface area contributed by atoms with Crippen LogP contribution in [0.3, 0.4) is 0 Å². The van der Waals surface area contributed by atoms with E-state index < -0.39 is 0 Å². The zero-order valence-electron chi connectivity index (χ0n) is 13.6. The van der Waals surface area contributed by atoms with E-state index in [-0.39, 0.29) is 6.04 Å². The van der Waals surface area contributed by atoms with E-state index in [0.29, 0.717) is 0 Å². The van der Waals surface area contributed by atoms with Crippen LogP contribution in [-0.4, -0.2) is 0 Å². The van der Waals surface area contributed by atoms with Gasteiger partial charge in [0.2, 0.25) is 0 Å². The van der Waals surface area contributed by atoms with Gasteiger partial charge in [0, 0.05) is 0 Å². The molecule has 0 saturated carbocycles. The van der Waals surface area contributed by atoms with E-state index in [0.717, 1.165) is 0 Å². The summed E-state index contributed by atoms with van der Waals surface area (Å²) in [6.07, 6.45) is 3.72. The summed E-state index contributed by atoms with van der Waals surface area (Å²) >= 11 is 0. The summed E-state index contributed by atoms with van der Waals surface area (Å²) in [5.41, 5.74) is 17.6. The van der Waals surface area contributed by atoms with E-state index in [1.807, 2.05) is 0 Å². The number of benzene rings is 2. The summed E-state index contributed by atoms with van der Waals surface area (Å²) in [4.78, 5) is 0. The second-order valence-electron chi connectivity index (χ2n) is 6.53. The van der Waals surface area contributed by atoms with Gasteiger partial charge in [-0.1, -0.05) is 24.3 Å². The number of fused-ring (bicyclic) bond motifs is 1. The van der Waals surface area contributed by atoms with E-state index in [1.165, 1.54) is 63.8 Å². The third kappa shape index (κ3) is 2.40. The Balaban J connectivity index is 2.09. The zero-order chi connectivity index (χ0) is 15.1. The molecule has 0 aromatic heterocycles. The van der Waals surface area contributed by atoms with Gasteiger partial charge >= 0.3 is 0 Å². The first-order valence-electron chi connectivity index (χ1n) is 7.93. The van der Waals surface area contributed by atoms with Crippen LogP contribution in [0.5, 0.6) is 0 Å². The summed E-state index contributed by atoms with van der Waals surface area (Å²) in [6, 6.07) is 9.10. The minimum atomic E-state index is -0.0190. The van der Waals surface area contributed by atoms with Gasteiger partial charge in [-0.3, -0.25) is 0 Å². The monoisotopic (exact) mass is 279 g/mol. The normalized spacial score (nSPS) is 15.1. The lowest BCUT2D eigenvalue weighted by Gasteiger charge is -2.22. The van der Waals surface area contributed by atoms with E-state index in [1.54, 1.807) is 0 Å². The Morgan fingerprint density at radius 2 is 1.48 bits per heavy atom. The van der Waals surface area contributed by atoms with Gasteiger partial charge in [-0.25, -0.2) is 0 Å². The Labute approximate surface area is 128 Å². The van der Waals surface area contributed by atoms with Crippen LogP contribution in [0, 0.1) is 27.7 Å². The maximum Gasteiger partial charge on any atom is 0.0557 e. The van der Waals surface area contributed by atoms with E-state index in [9.17, 15) is 0 Å². The number of aryl methyl sites for hydroxylation is 4. The molecule has 2 N–H and O–H groups in total. The van der Waals surface area contributed by atoms with Crippen LogP contribution in [0.4, 0.5) is 0 Å². The second kappa shape index (κ2) is 5.31. The molecular formula is C20H25N. The molecule has 0 radical (unpaired) electrons. The minimum absolute atomic E-state index is 0.0190. The fourth-order valence-corrected chi connectivity index (χ4v) is 3.67. The number of rotatable bonds is 2. The Hall–Kier alpha value is -1.60. The van der Waals surface area contributed by atoms with Gasteiger partial charge in [-0.2, -0.15) is 0 Å². The zero-order valence-corrected chi connectivity index (χ0v) is 13.6. The lowest BCUT2D eigenvalue weighted by molar-refractivity contribution is 0.842. The van der Waals surface area contributed by atoms with Crippen LogP contribution in [0.25, 0.3) is 0 Å². The molecule has 3 rings (SSSR count). The van der Waals surface area contributed by atoms with Crippen molar-refractivity contribution in [2.75, 3.05) is 0 Å². The first-order chi connectivity index (χ1) is 9.99. The lowest BCUT2D eigenvalue weighted by atomic mass is 9.86. The fraction of sp³-hybridized carbons (Fsp3) is 0.400. The van der Waals surface area contributed by atoms with Crippen LogP contribution in [0.2, 0.25) is 0 Å². The standard InChI is InChI=1S/C20H25N/c1-12-10-13(2)15(4)19(14(12)3)20(21)18-9-8-16-6-5-7-17(16)11-18/h8-11,20H,5-7,21H2,1-4H3. The molecule has 2 aromatic rings. The molecule has 1 unspecified atom stereocenters. The third-order valence-corrected chi connectivity index (χ3v) is 5.22. The van der Waals surface area contributed by atoms with E-state index >= 15 is 0 Å². The van der Waals surface area contributed by atoms with Crippen LogP contribution < -0.4 is 5.73 Å². The van der Waals surface area contributed by atoms with Gasteiger partial charge < -0.3 is 5.73 Å². The molecule has 1 aliphatic rings. The van der Waals surface area contributed by atoms with Crippen molar-refractivity contribution >= 4 is 0 Å². The van der Waals surface area contributed by atoms with Crippen molar-refractivity contribution in [3.63, 3.8) is 0 Å². The average Bonchev–Trinajstić information content (AvgIpc) is 2.92. The first kappa shape index (κ1) is 14.3. The molecule has 0 amide bonds. The van der Waals surface area contributed by atoms with Crippen LogP contribution in [0.15, 0.2) is 24.3 Å². The molecule has 110 valence electrons. The van der Waals surface area contributed by atoms with Gasteiger partial charge in [0.05, 0.1) is 6.04 Å². The highest BCUT2D eigenvalue weighted by Gasteiger charge is 2.19. The third-order valence-electron chi connectivity index (χ3n) is 5.22. The Kier molecular flexibility index (Phi) is 3.62.